The molecule has 0 fully saturated rings. The van der Waals surface area contributed by atoms with Crippen molar-refractivity contribution >= 4 is 21.6 Å². The Morgan fingerprint density at radius 3 is 2.41 bits per heavy atom. The fourth-order valence-corrected chi connectivity index (χ4v) is 2.39. The number of sulfonamides is 1. The van der Waals surface area contributed by atoms with Crippen LogP contribution in [0.1, 0.15) is 23.0 Å². The molecule has 0 atom stereocenters. The second-order valence-corrected chi connectivity index (χ2v) is 6.23. The lowest BCUT2D eigenvalue weighted by Gasteiger charge is -2.05. The van der Waals surface area contributed by atoms with Gasteiger partial charge in [-0.05, 0) is 43.8 Å². The third-order valence-corrected chi connectivity index (χ3v) is 4.35. The zero-order valence-electron chi connectivity index (χ0n) is 12.0. The molecule has 0 saturated carbocycles. The largest absolute Gasteiger partial charge is 0.459 e. The van der Waals surface area contributed by atoms with Crippen molar-refractivity contribution in [1.82, 2.24) is 10.1 Å². The number of furan rings is 1. The van der Waals surface area contributed by atoms with Gasteiger partial charge in [-0.15, -0.1) is 0 Å². The van der Waals surface area contributed by atoms with Crippen molar-refractivity contribution in [3.63, 3.8) is 0 Å². The Morgan fingerprint density at radius 2 is 1.86 bits per heavy atom. The van der Waals surface area contributed by atoms with E-state index in [2.05, 4.69) is 15.2 Å². The number of nitrogens with zero attached hydrogens (tertiary/aromatic N) is 1. The van der Waals surface area contributed by atoms with Crippen LogP contribution in [0, 0.1) is 0 Å². The molecule has 0 aliphatic rings. The van der Waals surface area contributed by atoms with Crippen LogP contribution < -0.4 is 10.1 Å². The van der Waals surface area contributed by atoms with Crippen LogP contribution in [0.3, 0.4) is 0 Å². The van der Waals surface area contributed by atoms with Gasteiger partial charge >= 0.3 is 5.91 Å². The summed E-state index contributed by atoms with van der Waals surface area (Å²) >= 11 is 0. The summed E-state index contributed by atoms with van der Waals surface area (Å²) in [5, 5.41) is 3.95. The van der Waals surface area contributed by atoms with Gasteiger partial charge in [0.25, 0.3) is 0 Å². The van der Waals surface area contributed by atoms with Crippen molar-refractivity contribution < 1.29 is 17.6 Å². The van der Waals surface area contributed by atoms with Crippen LogP contribution in [0.2, 0.25) is 0 Å². The third kappa shape index (κ3) is 3.60. The molecule has 1 aromatic heterocycles. The van der Waals surface area contributed by atoms with E-state index in [0.29, 0.717) is 11.3 Å². The number of rotatable bonds is 5. The monoisotopic (exact) mass is 321 g/mol. The summed E-state index contributed by atoms with van der Waals surface area (Å²) in [5.41, 5.74) is 3.59. The second kappa shape index (κ2) is 6.54. The number of carbonyl (C=O) groups is 1. The summed E-state index contributed by atoms with van der Waals surface area (Å²) in [7, 11) is -2.12. The number of hydrogen-bond donors (Lipinski definition) is 2. The molecule has 2 N–H and O–H groups in total. The molecule has 7 nitrogen and oxygen atoms in total. The smallest absolute Gasteiger partial charge is 0.307 e. The minimum Gasteiger partial charge on any atom is -0.459 e. The first-order valence-corrected chi connectivity index (χ1v) is 7.84. The van der Waals surface area contributed by atoms with Crippen LogP contribution in [0.25, 0.3) is 0 Å². The molecular weight excluding hydrogens is 306 g/mol. The highest BCUT2D eigenvalue weighted by Crippen LogP contribution is 2.10. The van der Waals surface area contributed by atoms with Crippen LogP contribution in [0.5, 0.6) is 0 Å². The maximum absolute atomic E-state index is 11.7. The van der Waals surface area contributed by atoms with E-state index in [1.807, 2.05) is 0 Å². The lowest BCUT2D eigenvalue weighted by molar-refractivity contribution is 0.0927. The first-order chi connectivity index (χ1) is 10.4. The van der Waals surface area contributed by atoms with Crippen molar-refractivity contribution in [2.75, 3.05) is 7.05 Å². The van der Waals surface area contributed by atoms with E-state index in [4.69, 9.17) is 4.42 Å². The van der Waals surface area contributed by atoms with Gasteiger partial charge in [0.05, 0.1) is 16.9 Å². The summed E-state index contributed by atoms with van der Waals surface area (Å²) in [6, 6.07) is 9.29. The van der Waals surface area contributed by atoms with Crippen molar-refractivity contribution in [2.45, 2.75) is 11.8 Å². The standard InChI is InChI=1S/C14H15N3O4S/c1-10(16-17-14(18)13-4-3-9-21-13)11-5-7-12(8-6-11)22(19,20)15-2/h3-9,15H,1-2H3,(H,17,18)/b16-10-. The normalized spacial score (nSPS) is 12.2. The number of amides is 1. The molecule has 116 valence electrons. The minimum absolute atomic E-state index is 0.158. The molecule has 1 heterocycles. The number of benzene rings is 1. The molecule has 0 radical (unpaired) electrons. The SMILES string of the molecule is CNS(=O)(=O)c1ccc(/C(C)=N\NC(=O)c2ccco2)cc1. The Morgan fingerprint density at radius 1 is 1.18 bits per heavy atom. The molecule has 0 saturated heterocycles. The van der Waals surface area contributed by atoms with Crippen molar-refractivity contribution in [3.05, 3.63) is 54.0 Å². The highest BCUT2D eigenvalue weighted by atomic mass is 32.2. The maximum atomic E-state index is 11.7. The van der Waals surface area contributed by atoms with Crippen LogP contribution in [-0.4, -0.2) is 27.1 Å². The van der Waals surface area contributed by atoms with E-state index in [0.717, 1.165) is 0 Å². The van der Waals surface area contributed by atoms with E-state index in [9.17, 15) is 13.2 Å². The summed E-state index contributed by atoms with van der Waals surface area (Å²) in [6.07, 6.45) is 1.40. The third-order valence-electron chi connectivity index (χ3n) is 2.92. The lowest BCUT2D eigenvalue weighted by atomic mass is 10.1. The molecule has 8 heteroatoms. The van der Waals surface area contributed by atoms with Crippen LogP contribution >= 0.6 is 0 Å². The number of hydrogen-bond acceptors (Lipinski definition) is 5. The highest BCUT2D eigenvalue weighted by molar-refractivity contribution is 7.89. The minimum atomic E-state index is -3.47. The molecule has 2 aromatic rings. The molecule has 1 aromatic carbocycles. The topological polar surface area (TPSA) is 101 Å². The molecule has 22 heavy (non-hydrogen) atoms. The Hall–Kier alpha value is -2.45. The fourth-order valence-electron chi connectivity index (χ4n) is 1.66. The lowest BCUT2D eigenvalue weighted by Crippen LogP contribution is -2.19. The van der Waals surface area contributed by atoms with E-state index >= 15 is 0 Å². The predicted octanol–water partition coefficient (Wildman–Crippen LogP) is 1.34. The van der Waals surface area contributed by atoms with Crippen LogP contribution in [0.15, 0.2) is 57.1 Å². The zero-order chi connectivity index (χ0) is 16.2. The number of hydrazone groups is 1. The quantitative estimate of drug-likeness (QED) is 0.641. The zero-order valence-corrected chi connectivity index (χ0v) is 12.8. The van der Waals surface area contributed by atoms with Crippen molar-refractivity contribution in [2.24, 2.45) is 5.10 Å². The molecule has 0 bridgehead atoms. The van der Waals surface area contributed by atoms with Crippen LogP contribution in [0.4, 0.5) is 0 Å². The van der Waals surface area contributed by atoms with E-state index in [-0.39, 0.29) is 10.7 Å². The van der Waals surface area contributed by atoms with Gasteiger partial charge in [0.1, 0.15) is 0 Å². The van der Waals surface area contributed by atoms with Gasteiger partial charge in [0, 0.05) is 0 Å². The predicted molar refractivity (Wildman–Crippen MR) is 81.1 cm³/mol. The maximum Gasteiger partial charge on any atom is 0.307 e. The molecule has 0 spiro atoms. The molecule has 1 amide bonds. The average molecular weight is 321 g/mol. The van der Waals surface area contributed by atoms with Crippen molar-refractivity contribution in [3.8, 4) is 0 Å². The summed E-state index contributed by atoms with van der Waals surface area (Å²) in [4.78, 5) is 11.8. The summed E-state index contributed by atoms with van der Waals surface area (Å²) in [6.45, 7) is 1.70. The van der Waals surface area contributed by atoms with Gasteiger partial charge in [0.2, 0.25) is 10.0 Å². The molecule has 0 unspecified atom stereocenters. The Kier molecular flexibility index (Phi) is 4.74. The van der Waals surface area contributed by atoms with Gasteiger partial charge in [-0.2, -0.15) is 5.10 Å². The number of nitrogens with one attached hydrogen (secondary N) is 2. The van der Waals surface area contributed by atoms with E-state index in [1.54, 1.807) is 25.1 Å². The highest BCUT2D eigenvalue weighted by Gasteiger charge is 2.11. The second-order valence-electron chi connectivity index (χ2n) is 4.35. The van der Waals surface area contributed by atoms with Gasteiger partial charge in [-0.25, -0.2) is 18.6 Å². The first kappa shape index (κ1) is 15.9. The molecule has 0 aliphatic carbocycles. The Balaban J connectivity index is 2.11. The molecular formula is C14H15N3O4S. The van der Waals surface area contributed by atoms with Crippen molar-refractivity contribution in [1.29, 1.82) is 0 Å². The van der Waals surface area contributed by atoms with Crippen LogP contribution in [-0.2, 0) is 10.0 Å². The van der Waals surface area contributed by atoms with E-state index in [1.165, 1.54) is 31.5 Å². The van der Waals surface area contributed by atoms with Gasteiger partial charge < -0.3 is 4.42 Å². The first-order valence-electron chi connectivity index (χ1n) is 6.36. The fraction of sp³-hybridized carbons (Fsp3) is 0.143. The summed E-state index contributed by atoms with van der Waals surface area (Å²) < 4.78 is 30.4. The Labute approximate surface area is 128 Å². The molecule has 2 rings (SSSR count). The van der Waals surface area contributed by atoms with E-state index < -0.39 is 15.9 Å². The molecule has 0 aliphatic heterocycles. The van der Waals surface area contributed by atoms with Gasteiger partial charge in [0.15, 0.2) is 5.76 Å². The summed E-state index contributed by atoms with van der Waals surface area (Å²) in [5.74, 6) is -0.300. The average Bonchev–Trinajstić information content (AvgIpc) is 3.07. The number of carbonyl (C=O) groups excluding carboxylic acids is 1. The van der Waals surface area contributed by atoms with Gasteiger partial charge in [-0.3, -0.25) is 4.79 Å². The van der Waals surface area contributed by atoms with Gasteiger partial charge in [-0.1, -0.05) is 12.1 Å². The Bertz CT molecular complexity index is 778.